The van der Waals surface area contributed by atoms with Gasteiger partial charge >= 0.3 is 5.97 Å². The van der Waals surface area contributed by atoms with Gasteiger partial charge in [0, 0.05) is 17.1 Å². The normalized spacial score (nSPS) is 11.5. The average molecular weight is 444 g/mol. The highest BCUT2D eigenvalue weighted by Gasteiger charge is 2.13. The van der Waals surface area contributed by atoms with Crippen LogP contribution < -0.4 is 9.47 Å². The van der Waals surface area contributed by atoms with Crippen molar-refractivity contribution in [2.75, 3.05) is 6.61 Å². The summed E-state index contributed by atoms with van der Waals surface area (Å²) in [6.45, 7) is 8.24. The Hall–Kier alpha value is -3.73. The molecule has 0 saturated heterocycles. The summed E-state index contributed by atoms with van der Waals surface area (Å²) in [5.41, 5.74) is 3.62. The van der Waals surface area contributed by atoms with E-state index in [0.29, 0.717) is 13.2 Å². The van der Waals surface area contributed by atoms with Crippen LogP contribution in [0.4, 0.5) is 0 Å². The number of hydrogen-bond donors (Lipinski definition) is 1. The molecular weight excluding hydrogens is 414 g/mol. The second-order valence-corrected chi connectivity index (χ2v) is 9.15. The summed E-state index contributed by atoms with van der Waals surface area (Å²) in [4.78, 5) is 11.1. The van der Waals surface area contributed by atoms with Gasteiger partial charge in [0.1, 0.15) is 24.7 Å². The van der Waals surface area contributed by atoms with Crippen LogP contribution in [0, 0.1) is 0 Å². The Morgan fingerprint density at radius 2 is 1.67 bits per heavy atom. The molecule has 0 aliphatic carbocycles. The van der Waals surface area contributed by atoms with Gasteiger partial charge in [0.05, 0.1) is 12.1 Å². The number of benzene rings is 3. The van der Waals surface area contributed by atoms with Gasteiger partial charge in [-0.1, -0.05) is 45.0 Å². The van der Waals surface area contributed by atoms with Crippen molar-refractivity contribution in [3.05, 3.63) is 95.7 Å². The van der Waals surface area contributed by atoms with E-state index < -0.39 is 5.97 Å². The van der Waals surface area contributed by atoms with Crippen LogP contribution in [0.1, 0.15) is 42.3 Å². The van der Waals surface area contributed by atoms with E-state index in [1.165, 1.54) is 5.56 Å². The third-order valence-electron chi connectivity index (χ3n) is 5.64. The average Bonchev–Trinajstić information content (AvgIpc) is 3.20. The molecule has 33 heavy (non-hydrogen) atoms. The van der Waals surface area contributed by atoms with Gasteiger partial charge in [-0.05, 0) is 65.1 Å². The molecule has 0 spiro atoms. The standard InChI is InChI=1S/C28H29NO4/c1-28(2,3)23-7-9-24(10-8-23)32-16-15-29-14-13-21-18-25(11-12-26(21)29)33-19-20-5-4-6-22(17-20)27(30)31/h4-14,17-18H,15-16,19H2,1-3H3,(H,30,31). The van der Waals surface area contributed by atoms with Crippen molar-refractivity contribution < 1.29 is 19.4 Å². The van der Waals surface area contributed by atoms with Crippen molar-refractivity contribution in [3.8, 4) is 11.5 Å². The van der Waals surface area contributed by atoms with Gasteiger partial charge in [0.2, 0.25) is 0 Å². The largest absolute Gasteiger partial charge is 0.492 e. The van der Waals surface area contributed by atoms with Crippen molar-refractivity contribution in [2.45, 2.75) is 39.3 Å². The molecule has 0 amide bonds. The monoisotopic (exact) mass is 443 g/mol. The Kier molecular flexibility index (Phi) is 6.40. The number of hydrogen-bond acceptors (Lipinski definition) is 3. The Balaban J connectivity index is 1.35. The van der Waals surface area contributed by atoms with Crippen molar-refractivity contribution in [3.63, 3.8) is 0 Å². The van der Waals surface area contributed by atoms with Crippen LogP contribution in [0.25, 0.3) is 10.9 Å². The molecule has 0 atom stereocenters. The predicted octanol–water partition coefficient (Wildman–Crippen LogP) is 6.30. The van der Waals surface area contributed by atoms with E-state index in [2.05, 4.69) is 49.7 Å². The second kappa shape index (κ2) is 9.41. The third-order valence-corrected chi connectivity index (χ3v) is 5.64. The summed E-state index contributed by atoms with van der Waals surface area (Å²) in [5.74, 6) is 0.684. The van der Waals surface area contributed by atoms with Gasteiger partial charge in [0.25, 0.3) is 0 Å². The third kappa shape index (κ3) is 5.55. The number of ether oxygens (including phenoxy) is 2. The summed E-state index contributed by atoms with van der Waals surface area (Å²) in [5, 5.41) is 10.2. The zero-order chi connectivity index (χ0) is 23.4. The minimum absolute atomic E-state index is 0.133. The van der Waals surface area contributed by atoms with Crippen molar-refractivity contribution in [2.24, 2.45) is 0 Å². The maximum absolute atomic E-state index is 11.1. The zero-order valence-corrected chi connectivity index (χ0v) is 19.2. The Labute approximate surface area is 194 Å². The maximum atomic E-state index is 11.1. The smallest absolute Gasteiger partial charge is 0.335 e. The SMILES string of the molecule is CC(C)(C)c1ccc(OCCn2ccc3cc(OCc4cccc(C(=O)O)c4)ccc32)cc1. The molecule has 3 aromatic carbocycles. The lowest BCUT2D eigenvalue weighted by atomic mass is 9.87. The zero-order valence-electron chi connectivity index (χ0n) is 19.2. The number of fused-ring (bicyclic) bond motifs is 1. The fourth-order valence-electron chi connectivity index (χ4n) is 3.74. The van der Waals surface area contributed by atoms with E-state index in [9.17, 15) is 4.79 Å². The molecule has 5 heteroatoms. The number of carboxylic acid groups (broad SMARTS) is 1. The quantitative estimate of drug-likeness (QED) is 0.347. The molecule has 1 heterocycles. The van der Waals surface area contributed by atoms with Gasteiger partial charge in [-0.25, -0.2) is 4.79 Å². The van der Waals surface area contributed by atoms with Crippen molar-refractivity contribution in [1.29, 1.82) is 0 Å². The van der Waals surface area contributed by atoms with Crippen molar-refractivity contribution >= 4 is 16.9 Å². The fraction of sp³-hybridized carbons (Fsp3) is 0.250. The molecule has 4 rings (SSSR count). The van der Waals surface area contributed by atoms with E-state index in [-0.39, 0.29) is 11.0 Å². The van der Waals surface area contributed by atoms with E-state index in [0.717, 1.165) is 34.5 Å². The van der Waals surface area contributed by atoms with Crippen LogP contribution in [-0.2, 0) is 18.6 Å². The molecule has 0 saturated carbocycles. The summed E-state index contributed by atoms with van der Waals surface area (Å²) >= 11 is 0. The van der Waals surface area contributed by atoms with Gasteiger partial charge in [-0.15, -0.1) is 0 Å². The molecule has 0 fully saturated rings. The summed E-state index contributed by atoms with van der Waals surface area (Å²) in [7, 11) is 0. The number of carboxylic acids is 1. The number of nitrogens with zero attached hydrogens (tertiary/aromatic N) is 1. The van der Waals surface area contributed by atoms with E-state index in [4.69, 9.17) is 14.6 Å². The van der Waals surface area contributed by atoms with Crippen LogP contribution in [0.5, 0.6) is 11.5 Å². The minimum Gasteiger partial charge on any atom is -0.492 e. The van der Waals surface area contributed by atoms with Crippen LogP contribution >= 0.6 is 0 Å². The first kappa shape index (κ1) is 22.5. The molecule has 0 bridgehead atoms. The first-order valence-electron chi connectivity index (χ1n) is 11.1. The van der Waals surface area contributed by atoms with Gasteiger partial charge < -0.3 is 19.1 Å². The lowest BCUT2D eigenvalue weighted by Gasteiger charge is -2.19. The molecule has 5 nitrogen and oxygen atoms in total. The van der Waals surface area contributed by atoms with Crippen LogP contribution in [-0.4, -0.2) is 22.2 Å². The lowest BCUT2D eigenvalue weighted by Crippen LogP contribution is -2.11. The fourth-order valence-corrected chi connectivity index (χ4v) is 3.74. The number of carbonyl (C=O) groups is 1. The Morgan fingerprint density at radius 1 is 0.909 bits per heavy atom. The number of rotatable bonds is 8. The highest BCUT2D eigenvalue weighted by Crippen LogP contribution is 2.25. The van der Waals surface area contributed by atoms with Gasteiger partial charge in [-0.3, -0.25) is 0 Å². The van der Waals surface area contributed by atoms with E-state index >= 15 is 0 Å². The molecule has 1 aromatic heterocycles. The molecule has 0 aliphatic heterocycles. The van der Waals surface area contributed by atoms with E-state index in [1.54, 1.807) is 18.2 Å². The first-order chi connectivity index (χ1) is 15.8. The van der Waals surface area contributed by atoms with Gasteiger partial charge in [-0.2, -0.15) is 0 Å². The molecule has 170 valence electrons. The second-order valence-electron chi connectivity index (χ2n) is 9.15. The van der Waals surface area contributed by atoms with E-state index in [1.807, 2.05) is 36.4 Å². The molecule has 0 aliphatic rings. The summed E-state index contributed by atoms with van der Waals surface area (Å²) in [6, 6.07) is 23.1. The first-order valence-corrected chi connectivity index (χ1v) is 11.1. The molecule has 0 unspecified atom stereocenters. The molecule has 1 N–H and O–H groups in total. The molecular formula is C28H29NO4. The summed E-state index contributed by atoms with van der Waals surface area (Å²) in [6.07, 6.45) is 2.05. The molecule has 0 radical (unpaired) electrons. The lowest BCUT2D eigenvalue weighted by molar-refractivity contribution is 0.0696. The Morgan fingerprint density at radius 3 is 2.39 bits per heavy atom. The number of aromatic carboxylic acids is 1. The van der Waals surface area contributed by atoms with Crippen molar-refractivity contribution in [1.82, 2.24) is 4.57 Å². The van der Waals surface area contributed by atoms with Crippen LogP contribution in [0.2, 0.25) is 0 Å². The minimum atomic E-state index is -0.939. The Bertz CT molecular complexity index is 1250. The topological polar surface area (TPSA) is 60.7 Å². The maximum Gasteiger partial charge on any atom is 0.335 e. The van der Waals surface area contributed by atoms with Crippen LogP contribution in [0.3, 0.4) is 0 Å². The van der Waals surface area contributed by atoms with Crippen LogP contribution in [0.15, 0.2) is 79.0 Å². The number of aromatic nitrogens is 1. The highest BCUT2D eigenvalue weighted by molar-refractivity contribution is 5.87. The predicted molar refractivity (Wildman–Crippen MR) is 130 cm³/mol. The molecule has 4 aromatic rings. The van der Waals surface area contributed by atoms with Gasteiger partial charge in [0.15, 0.2) is 0 Å². The highest BCUT2D eigenvalue weighted by atomic mass is 16.5. The summed E-state index contributed by atoms with van der Waals surface area (Å²) < 4.78 is 14.0.